The van der Waals surface area contributed by atoms with Crippen molar-refractivity contribution >= 4 is 62.1 Å². The second kappa shape index (κ2) is 13.5. The van der Waals surface area contributed by atoms with E-state index in [-0.39, 0.29) is 50.2 Å². The van der Waals surface area contributed by atoms with Crippen LogP contribution in [0.25, 0.3) is 11.1 Å². The minimum absolute atomic E-state index is 0.00570. The van der Waals surface area contributed by atoms with E-state index in [4.69, 9.17) is 37.2 Å². The van der Waals surface area contributed by atoms with Gasteiger partial charge in [-0.2, -0.15) is 13.1 Å². The number of esters is 1. The summed E-state index contributed by atoms with van der Waals surface area (Å²) < 4.78 is 76.5. The first-order chi connectivity index (χ1) is 22.0. The summed E-state index contributed by atoms with van der Waals surface area (Å²) in [5, 5.41) is 4.67. The predicted molar refractivity (Wildman–Crippen MR) is 165 cm³/mol. The first-order valence-corrected chi connectivity index (χ1v) is 17.4. The highest BCUT2D eigenvalue weighted by molar-refractivity contribution is 8.00. The fourth-order valence-corrected chi connectivity index (χ4v) is 8.46. The maximum absolute atomic E-state index is 13.8. The van der Waals surface area contributed by atoms with Gasteiger partial charge in [0.25, 0.3) is 5.71 Å². The first kappa shape index (κ1) is 32.7. The Morgan fingerprint density at radius 2 is 1.91 bits per heavy atom. The average molecular weight is 716 g/mol. The van der Waals surface area contributed by atoms with Gasteiger partial charge in [-0.3, -0.25) is 9.78 Å². The van der Waals surface area contributed by atoms with Gasteiger partial charge in [0.05, 0.1) is 39.8 Å². The van der Waals surface area contributed by atoms with E-state index >= 15 is 0 Å². The minimum atomic E-state index is -4.20. The van der Waals surface area contributed by atoms with Gasteiger partial charge in [-0.15, -0.1) is 11.8 Å². The summed E-state index contributed by atoms with van der Waals surface area (Å²) in [5.41, 5.74) is 1.43. The number of hydrogen-bond acceptors (Lipinski definition) is 11. The van der Waals surface area contributed by atoms with Crippen LogP contribution in [-0.4, -0.2) is 64.7 Å². The van der Waals surface area contributed by atoms with Crippen LogP contribution >= 0.6 is 35.0 Å². The highest BCUT2D eigenvalue weighted by Gasteiger charge is 2.42. The molecule has 2 unspecified atom stereocenters. The summed E-state index contributed by atoms with van der Waals surface area (Å²) in [4.78, 5) is 21.7. The Morgan fingerprint density at radius 1 is 1.15 bits per heavy atom. The van der Waals surface area contributed by atoms with Gasteiger partial charge in [0.2, 0.25) is 10.0 Å². The molecule has 1 aliphatic carbocycles. The second-order valence-corrected chi connectivity index (χ2v) is 14.5. The van der Waals surface area contributed by atoms with E-state index in [2.05, 4.69) is 19.9 Å². The highest BCUT2D eigenvalue weighted by Crippen LogP contribution is 2.39. The zero-order valence-corrected chi connectivity index (χ0v) is 27.2. The van der Waals surface area contributed by atoms with Crippen LogP contribution in [0.5, 0.6) is 11.5 Å². The van der Waals surface area contributed by atoms with E-state index < -0.39 is 34.7 Å². The van der Waals surface area contributed by atoms with E-state index in [1.54, 1.807) is 6.92 Å². The zero-order chi connectivity index (χ0) is 32.6. The Labute approximate surface area is 276 Å². The summed E-state index contributed by atoms with van der Waals surface area (Å²) >= 11 is 14.0. The lowest BCUT2D eigenvalue weighted by Gasteiger charge is -2.26. The predicted octanol–water partition coefficient (Wildman–Crippen LogP) is 6.21. The van der Waals surface area contributed by atoms with Gasteiger partial charge in [-0.05, 0) is 55.0 Å². The van der Waals surface area contributed by atoms with E-state index in [9.17, 15) is 22.0 Å². The summed E-state index contributed by atoms with van der Waals surface area (Å²) in [6.07, 6.45) is 4.72. The maximum Gasteiger partial charge on any atom is 0.387 e. The number of ether oxygens (including phenoxy) is 3. The number of sulfonamides is 1. The zero-order valence-electron chi connectivity index (χ0n) is 24.1. The third kappa shape index (κ3) is 7.03. The van der Waals surface area contributed by atoms with Crippen molar-refractivity contribution in [3.8, 4) is 11.5 Å². The van der Waals surface area contributed by atoms with Crippen molar-refractivity contribution in [2.24, 2.45) is 5.92 Å². The fraction of sp³-hybridized carbons (Fsp3) is 0.379. The van der Waals surface area contributed by atoms with Gasteiger partial charge < -0.3 is 18.7 Å². The number of fused-ring (bicyclic) bond motifs is 1. The Morgan fingerprint density at radius 3 is 2.63 bits per heavy atom. The molecule has 2 aliphatic rings. The van der Waals surface area contributed by atoms with Gasteiger partial charge >= 0.3 is 12.6 Å². The van der Waals surface area contributed by atoms with Crippen LogP contribution in [0.15, 0.2) is 52.3 Å². The first-order valence-electron chi connectivity index (χ1n) is 14.0. The molecule has 11 nitrogen and oxygen atoms in total. The maximum atomic E-state index is 13.8. The summed E-state index contributed by atoms with van der Waals surface area (Å²) in [7, 11) is -4.20. The number of carbonyl (C=O) groups is 1. The number of aromatic nitrogens is 3. The molecule has 46 heavy (non-hydrogen) atoms. The number of thioether (sulfide) groups is 1. The van der Waals surface area contributed by atoms with Gasteiger partial charge in [0.15, 0.2) is 11.5 Å². The molecular formula is C29H26Cl2F2N4O7S2. The highest BCUT2D eigenvalue weighted by atomic mass is 35.5. The quantitative estimate of drug-likeness (QED) is 0.155. The van der Waals surface area contributed by atoms with Crippen molar-refractivity contribution in [2.45, 2.75) is 49.8 Å². The average Bonchev–Trinajstić information content (AvgIpc) is 3.57. The van der Waals surface area contributed by atoms with Gasteiger partial charge in [-0.25, -0.2) is 13.4 Å². The monoisotopic (exact) mass is 714 g/mol. The molecule has 1 aliphatic heterocycles. The van der Waals surface area contributed by atoms with E-state index in [0.29, 0.717) is 34.7 Å². The number of alkyl halides is 2. The molecule has 1 saturated heterocycles. The Hall–Kier alpha value is -3.24. The van der Waals surface area contributed by atoms with Gasteiger partial charge in [-0.1, -0.05) is 34.4 Å². The van der Waals surface area contributed by atoms with E-state index in [0.717, 1.165) is 23.3 Å². The smallest absolute Gasteiger partial charge is 0.387 e. The van der Waals surface area contributed by atoms with Crippen molar-refractivity contribution in [1.82, 2.24) is 19.4 Å². The number of rotatable bonds is 12. The molecule has 244 valence electrons. The molecule has 1 saturated carbocycles. The topological polar surface area (TPSA) is 134 Å². The van der Waals surface area contributed by atoms with Crippen LogP contribution in [0.3, 0.4) is 0 Å². The Bertz CT molecular complexity index is 1860. The summed E-state index contributed by atoms with van der Waals surface area (Å²) in [6.45, 7) is -1.13. The largest absolute Gasteiger partial charge is 0.489 e. The van der Waals surface area contributed by atoms with Gasteiger partial charge in [0, 0.05) is 24.6 Å². The molecule has 0 spiro atoms. The summed E-state index contributed by atoms with van der Waals surface area (Å²) in [6, 6.07) is 4.44. The van der Waals surface area contributed by atoms with Gasteiger partial charge in [0.1, 0.15) is 17.0 Å². The lowest BCUT2D eigenvalue weighted by atomic mass is 10.0. The number of hydrogen-bond donors (Lipinski definition) is 0. The van der Waals surface area contributed by atoms with E-state index in [1.807, 2.05) is 0 Å². The van der Waals surface area contributed by atoms with Crippen LogP contribution in [0, 0.1) is 12.8 Å². The molecule has 0 N–H and O–H groups in total. The molecule has 6 rings (SSSR count). The number of pyridine rings is 2. The molecule has 17 heteroatoms. The number of nitrogens with zero attached hydrogens (tertiary/aromatic N) is 4. The number of carbonyl (C=O) groups excluding carboxylic acids is 1. The molecular weight excluding hydrogens is 689 g/mol. The molecule has 4 heterocycles. The second-order valence-electron chi connectivity index (χ2n) is 10.7. The molecule has 4 aromatic rings. The van der Waals surface area contributed by atoms with Crippen LogP contribution in [0.2, 0.25) is 10.0 Å². The minimum Gasteiger partial charge on any atom is -0.489 e. The van der Waals surface area contributed by atoms with E-state index in [1.165, 1.54) is 48.4 Å². The lowest BCUT2D eigenvalue weighted by Crippen LogP contribution is -2.43. The Balaban J connectivity index is 1.31. The number of aryl methyl sites for hydroxylation is 1. The Kier molecular flexibility index (Phi) is 9.57. The SMILES string of the molecule is Cc1noc2ncc(S(=O)(=O)N3CSCC3C(=O)OC(Cc3c(Cl)cncc3Cl)c3ccc(OC(F)F)c(OCC4CC4)c3)cc12. The van der Waals surface area contributed by atoms with Crippen LogP contribution in [0.1, 0.15) is 35.8 Å². The molecule has 2 fully saturated rings. The number of benzene rings is 1. The molecule has 1 aromatic carbocycles. The molecule has 0 bridgehead atoms. The van der Waals surface area contributed by atoms with Crippen molar-refractivity contribution in [2.75, 3.05) is 18.2 Å². The standard InChI is InChI=1S/C29H26Cl2F2N4O7S2/c1-15-19-7-18(9-35-27(19)44-36-15)46(39,40)37-14-45-13-23(37)28(38)42-25(8-20-21(30)10-34-11-22(20)31)17-4-5-24(43-29(32)33)26(6-17)41-12-16-2-3-16/h4-7,9-11,16,23,25,29H,2-3,8,12-14H2,1H3. The van der Waals surface area contributed by atoms with Crippen molar-refractivity contribution < 1.29 is 40.7 Å². The van der Waals surface area contributed by atoms with Crippen molar-refractivity contribution in [3.63, 3.8) is 0 Å². The molecule has 0 radical (unpaired) electrons. The molecule has 2 atom stereocenters. The van der Waals surface area contributed by atoms with Crippen molar-refractivity contribution in [3.05, 3.63) is 69.7 Å². The molecule has 0 amide bonds. The fourth-order valence-electron chi connectivity index (χ4n) is 4.84. The molecule has 3 aromatic heterocycles. The third-order valence-corrected chi connectivity index (χ3v) is 11.2. The van der Waals surface area contributed by atoms with Crippen LogP contribution in [0.4, 0.5) is 8.78 Å². The van der Waals surface area contributed by atoms with Crippen molar-refractivity contribution in [1.29, 1.82) is 0 Å². The third-order valence-electron chi connectivity index (χ3n) is 7.53. The normalized spacial score (nSPS) is 17.8. The summed E-state index contributed by atoms with van der Waals surface area (Å²) in [5.74, 6) is -0.533. The lowest BCUT2D eigenvalue weighted by molar-refractivity contribution is -0.152. The van der Waals surface area contributed by atoms with Crippen LogP contribution < -0.4 is 9.47 Å². The number of halogens is 4. The van der Waals surface area contributed by atoms with Crippen LogP contribution in [-0.2, 0) is 26.0 Å².